The van der Waals surface area contributed by atoms with Gasteiger partial charge >= 0.3 is 5.97 Å². The van der Waals surface area contributed by atoms with Crippen molar-refractivity contribution >= 4 is 27.6 Å². The van der Waals surface area contributed by atoms with Crippen LogP contribution in [0.4, 0.5) is 0 Å². The van der Waals surface area contributed by atoms with Gasteiger partial charge < -0.3 is 5.11 Å². The number of carbonyl (C=O) groups is 1. The summed E-state index contributed by atoms with van der Waals surface area (Å²) in [4.78, 5) is 12.5. The molecule has 1 N–H and O–H groups in total. The molecule has 1 heterocycles. The maximum atomic E-state index is 12.0. The molecule has 17 heavy (non-hydrogen) atoms. The van der Waals surface area contributed by atoms with Crippen molar-refractivity contribution in [3.05, 3.63) is 0 Å². The van der Waals surface area contributed by atoms with Gasteiger partial charge in [0, 0.05) is 29.8 Å². The van der Waals surface area contributed by atoms with Gasteiger partial charge in [0.25, 0.3) is 0 Å². The molecule has 0 aromatic carbocycles. The molecule has 2 unspecified atom stereocenters. The number of thioether (sulfide) groups is 1. The molecule has 5 nitrogen and oxygen atoms in total. The Hall–Kier alpha value is -0.270. The summed E-state index contributed by atoms with van der Waals surface area (Å²) in [5, 5.41) is 8.25. The third kappa shape index (κ3) is 3.86. The molecule has 1 saturated heterocycles. The molecule has 0 radical (unpaired) electrons. The van der Waals surface area contributed by atoms with Crippen LogP contribution in [-0.4, -0.2) is 59.6 Å². The molecule has 1 aliphatic rings. The van der Waals surface area contributed by atoms with Gasteiger partial charge in [-0.15, -0.1) is 0 Å². The van der Waals surface area contributed by atoms with Crippen molar-refractivity contribution in [3.63, 3.8) is 0 Å². The van der Waals surface area contributed by atoms with Gasteiger partial charge in [0.15, 0.2) is 9.84 Å². The van der Waals surface area contributed by atoms with Crippen LogP contribution >= 0.6 is 11.8 Å². The van der Waals surface area contributed by atoms with Gasteiger partial charge in [-0.1, -0.05) is 6.92 Å². The number of hydrogen-bond acceptors (Lipinski definition) is 5. The summed E-state index contributed by atoms with van der Waals surface area (Å²) < 4.78 is 23.9. The molecule has 1 aliphatic heterocycles. The van der Waals surface area contributed by atoms with Crippen molar-refractivity contribution in [1.29, 1.82) is 0 Å². The Labute approximate surface area is 106 Å². The molecule has 0 aromatic rings. The maximum absolute atomic E-state index is 12.0. The minimum Gasteiger partial charge on any atom is -0.481 e. The van der Waals surface area contributed by atoms with Crippen LogP contribution in [0.15, 0.2) is 0 Å². The lowest BCUT2D eigenvalue weighted by atomic mass is 10.2. The first-order valence-electron chi connectivity index (χ1n) is 5.65. The number of nitrogens with zero attached hydrogens (tertiary/aromatic N) is 1. The Bertz CT molecular complexity index is 369. The molecule has 0 bridgehead atoms. The van der Waals surface area contributed by atoms with E-state index in [-0.39, 0.29) is 18.2 Å². The minimum absolute atomic E-state index is 0.0135. The average Bonchev–Trinajstić information content (AvgIpc) is 2.28. The van der Waals surface area contributed by atoms with Crippen LogP contribution in [0.25, 0.3) is 0 Å². The first-order chi connectivity index (χ1) is 7.88. The fourth-order valence-corrected chi connectivity index (χ4v) is 5.10. The van der Waals surface area contributed by atoms with Gasteiger partial charge in [-0.2, -0.15) is 11.8 Å². The lowest BCUT2D eigenvalue weighted by molar-refractivity contribution is -0.138. The van der Waals surface area contributed by atoms with Crippen molar-refractivity contribution in [2.75, 3.05) is 23.8 Å². The second kappa shape index (κ2) is 6.06. The van der Waals surface area contributed by atoms with Gasteiger partial charge in [-0.3, -0.25) is 9.69 Å². The number of aliphatic carboxylic acids is 1. The van der Waals surface area contributed by atoms with Crippen molar-refractivity contribution in [3.8, 4) is 0 Å². The molecule has 1 fully saturated rings. The van der Waals surface area contributed by atoms with E-state index >= 15 is 0 Å². The summed E-state index contributed by atoms with van der Waals surface area (Å²) in [6.45, 7) is 4.06. The van der Waals surface area contributed by atoms with Crippen LogP contribution in [0.5, 0.6) is 0 Å². The molecule has 100 valence electrons. The predicted octanol–water partition coefficient (Wildman–Crippen LogP) is 0.659. The van der Waals surface area contributed by atoms with E-state index in [1.807, 2.05) is 4.90 Å². The number of rotatable bonds is 5. The van der Waals surface area contributed by atoms with Crippen LogP contribution in [0.1, 0.15) is 20.3 Å². The van der Waals surface area contributed by atoms with E-state index in [0.29, 0.717) is 12.3 Å². The Balaban J connectivity index is 2.83. The Morgan fingerprint density at radius 3 is 2.76 bits per heavy atom. The van der Waals surface area contributed by atoms with E-state index in [2.05, 4.69) is 0 Å². The number of carboxylic acid groups (broad SMARTS) is 1. The molecular formula is C10H19NO4S2. The van der Waals surface area contributed by atoms with Crippen LogP contribution in [0.3, 0.4) is 0 Å². The summed E-state index contributed by atoms with van der Waals surface area (Å²) >= 11 is 1.62. The second-order valence-corrected chi connectivity index (χ2v) is 7.76. The summed E-state index contributed by atoms with van der Waals surface area (Å²) in [5.74, 6) is 0.623. The third-order valence-corrected chi connectivity index (χ3v) is 6.28. The standard InChI is InChI=1S/C10H19NO4S2/c1-3-17(14,15)9-7-16-5-4-11(9)8(2)6-10(12)13/h8-9H,3-7H2,1-2H3,(H,12,13). The zero-order valence-corrected chi connectivity index (χ0v) is 11.8. The average molecular weight is 281 g/mol. The topological polar surface area (TPSA) is 74.7 Å². The van der Waals surface area contributed by atoms with E-state index < -0.39 is 21.2 Å². The lowest BCUT2D eigenvalue weighted by Gasteiger charge is -2.38. The van der Waals surface area contributed by atoms with Crippen LogP contribution in [0, 0.1) is 0 Å². The fourth-order valence-electron chi connectivity index (χ4n) is 1.97. The monoisotopic (exact) mass is 281 g/mol. The highest BCUT2D eigenvalue weighted by Gasteiger charge is 2.35. The van der Waals surface area contributed by atoms with Crippen LogP contribution in [-0.2, 0) is 14.6 Å². The summed E-state index contributed by atoms with van der Waals surface area (Å²) in [6.07, 6.45) is -0.0135. The zero-order valence-electron chi connectivity index (χ0n) is 10.1. The first-order valence-corrected chi connectivity index (χ1v) is 8.52. The van der Waals surface area contributed by atoms with Crippen molar-refractivity contribution in [2.24, 2.45) is 0 Å². The van der Waals surface area contributed by atoms with Crippen molar-refractivity contribution < 1.29 is 18.3 Å². The summed E-state index contributed by atoms with van der Waals surface area (Å²) in [6, 6.07) is -0.236. The Kier molecular flexibility index (Phi) is 5.27. The Morgan fingerprint density at radius 2 is 2.24 bits per heavy atom. The van der Waals surface area contributed by atoms with Gasteiger partial charge in [0.2, 0.25) is 0 Å². The van der Waals surface area contributed by atoms with Crippen LogP contribution < -0.4 is 0 Å². The van der Waals surface area contributed by atoms with Crippen molar-refractivity contribution in [2.45, 2.75) is 31.7 Å². The zero-order chi connectivity index (χ0) is 13.1. The quantitative estimate of drug-likeness (QED) is 0.798. The van der Waals surface area contributed by atoms with Gasteiger partial charge in [0.1, 0.15) is 5.37 Å². The van der Waals surface area contributed by atoms with E-state index in [1.54, 1.807) is 25.6 Å². The highest BCUT2D eigenvalue weighted by Crippen LogP contribution is 2.24. The third-order valence-electron chi connectivity index (χ3n) is 2.98. The highest BCUT2D eigenvalue weighted by atomic mass is 32.2. The molecule has 7 heteroatoms. The number of sulfone groups is 1. The molecule has 0 amide bonds. The second-order valence-electron chi connectivity index (χ2n) is 4.17. The minimum atomic E-state index is -3.14. The SMILES string of the molecule is CCS(=O)(=O)C1CSCCN1C(C)CC(=O)O. The van der Waals surface area contributed by atoms with E-state index in [1.165, 1.54) is 0 Å². The van der Waals surface area contributed by atoms with E-state index in [0.717, 1.165) is 5.75 Å². The Morgan fingerprint density at radius 1 is 1.59 bits per heavy atom. The predicted molar refractivity (Wildman–Crippen MR) is 69.0 cm³/mol. The molecule has 1 rings (SSSR count). The van der Waals surface area contributed by atoms with E-state index in [4.69, 9.17) is 5.11 Å². The van der Waals surface area contributed by atoms with E-state index in [9.17, 15) is 13.2 Å². The smallest absolute Gasteiger partial charge is 0.304 e. The van der Waals surface area contributed by atoms with Crippen LogP contribution in [0.2, 0.25) is 0 Å². The van der Waals surface area contributed by atoms with Gasteiger partial charge in [-0.05, 0) is 6.92 Å². The lowest BCUT2D eigenvalue weighted by Crippen LogP contribution is -2.52. The van der Waals surface area contributed by atoms with Gasteiger partial charge in [0.05, 0.1) is 6.42 Å². The molecule has 0 saturated carbocycles. The summed E-state index contributed by atoms with van der Waals surface area (Å²) in [5.41, 5.74) is 0. The summed E-state index contributed by atoms with van der Waals surface area (Å²) in [7, 11) is -3.14. The molecule has 2 atom stereocenters. The molecule has 0 spiro atoms. The molecule has 0 aliphatic carbocycles. The normalized spacial score (nSPS) is 24.5. The molecular weight excluding hydrogens is 262 g/mol. The largest absolute Gasteiger partial charge is 0.481 e. The maximum Gasteiger partial charge on any atom is 0.304 e. The fraction of sp³-hybridized carbons (Fsp3) is 0.900. The number of hydrogen-bond donors (Lipinski definition) is 1. The first kappa shape index (κ1) is 14.8. The molecule has 0 aromatic heterocycles. The highest BCUT2D eigenvalue weighted by molar-refractivity contribution is 8.01. The number of carboxylic acids is 1. The van der Waals surface area contributed by atoms with Gasteiger partial charge in [-0.25, -0.2) is 8.42 Å². The van der Waals surface area contributed by atoms with Crippen molar-refractivity contribution in [1.82, 2.24) is 4.90 Å².